The number of aromatic nitrogens is 4. The molecule has 0 aliphatic rings. The van der Waals surface area contributed by atoms with Gasteiger partial charge in [0.2, 0.25) is 11.8 Å². The lowest BCUT2D eigenvalue weighted by molar-refractivity contribution is -0.125. The second-order valence-electron chi connectivity index (χ2n) is 5.46. The van der Waals surface area contributed by atoms with Gasteiger partial charge in [0, 0.05) is 31.2 Å². The molecule has 0 aliphatic heterocycles. The highest BCUT2D eigenvalue weighted by Crippen LogP contribution is 2.06. The lowest BCUT2D eigenvalue weighted by Gasteiger charge is -2.13. The van der Waals surface area contributed by atoms with Crippen LogP contribution in [0.1, 0.15) is 29.0 Å². The molecule has 0 radical (unpaired) electrons. The molecule has 1 unspecified atom stereocenters. The van der Waals surface area contributed by atoms with Crippen molar-refractivity contribution < 1.29 is 19.5 Å². The predicted octanol–water partition coefficient (Wildman–Crippen LogP) is -0.420. The summed E-state index contributed by atoms with van der Waals surface area (Å²) in [5.41, 5.74) is 0.901. The standard InChI is InChI=1S/C15H20N6O4/c1-10-3-4-18-20(10)9-13(22)16-5-6-17-14(23)11(2)21-8-12(7-19-21)15(24)25/h3-4,7-8,11H,5-6,9H2,1-2H3,(H,16,22)(H,17,23)(H,24,25). The number of carbonyl (C=O) groups excluding carboxylic acids is 2. The molecular weight excluding hydrogens is 328 g/mol. The first-order valence-electron chi connectivity index (χ1n) is 7.68. The first kappa shape index (κ1) is 18.2. The number of hydrogen-bond acceptors (Lipinski definition) is 5. The van der Waals surface area contributed by atoms with Gasteiger partial charge >= 0.3 is 5.97 Å². The first-order valence-corrected chi connectivity index (χ1v) is 7.68. The van der Waals surface area contributed by atoms with Gasteiger partial charge in [0.25, 0.3) is 0 Å². The Kier molecular flexibility index (Phi) is 5.88. The number of aromatic carboxylic acids is 1. The second kappa shape index (κ2) is 8.08. The summed E-state index contributed by atoms with van der Waals surface area (Å²) in [7, 11) is 0. The molecule has 0 fully saturated rings. The Morgan fingerprint density at radius 3 is 2.56 bits per heavy atom. The molecule has 0 spiro atoms. The predicted molar refractivity (Wildman–Crippen MR) is 86.9 cm³/mol. The van der Waals surface area contributed by atoms with Gasteiger partial charge in [-0.05, 0) is 19.9 Å². The summed E-state index contributed by atoms with van der Waals surface area (Å²) in [5, 5.41) is 22.1. The molecule has 0 saturated heterocycles. The Bertz CT molecular complexity index is 766. The van der Waals surface area contributed by atoms with Gasteiger partial charge in [-0.2, -0.15) is 10.2 Å². The molecule has 2 aromatic heterocycles. The normalized spacial score (nSPS) is 11.8. The molecule has 0 aliphatic carbocycles. The van der Waals surface area contributed by atoms with Crippen molar-refractivity contribution in [2.75, 3.05) is 13.1 Å². The quantitative estimate of drug-likeness (QED) is 0.555. The zero-order valence-corrected chi connectivity index (χ0v) is 14.0. The van der Waals surface area contributed by atoms with Crippen LogP contribution >= 0.6 is 0 Å². The molecule has 10 nitrogen and oxygen atoms in total. The molecule has 0 aromatic carbocycles. The van der Waals surface area contributed by atoms with Gasteiger partial charge in [0.05, 0.1) is 11.8 Å². The van der Waals surface area contributed by atoms with Gasteiger partial charge in [-0.3, -0.25) is 19.0 Å². The van der Waals surface area contributed by atoms with E-state index in [1.54, 1.807) is 23.9 Å². The number of rotatable bonds is 8. The molecule has 2 amide bonds. The van der Waals surface area contributed by atoms with E-state index in [9.17, 15) is 14.4 Å². The molecule has 1 atom stereocenters. The first-order chi connectivity index (χ1) is 11.9. The van der Waals surface area contributed by atoms with E-state index in [0.29, 0.717) is 0 Å². The highest BCUT2D eigenvalue weighted by Gasteiger charge is 2.17. The van der Waals surface area contributed by atoms with Crippen molar-refractivity contribution in [3.8, 4) is 0 Å². The van der Waals surface area contributed by atoms with Crippen LogP contribution in [0.3, 0.4) is 0 Å². The van der Waals surface area contributed by atoms with E-state index >= 15 is 0 Å². The van der Waals surface area contributed by atoms with Crippen LogP contribution in [0.5, 0.6) is 0 Å². The topological polar surface area (TPSA) is 131 Å². The van der Waals surface area contributed by atoms with E-state index in [4.69, 9.17) is 5.11 Å². The van der Waals surface area contributed by atoms with E-state index < -0.39 is 12.0 Å². The average Bonchev–Trinajstić information content (AvgIpc) is 3.20. The highest BCUT2D eigenvalue weighted by atomic mass is 16.4. The van der Waals surface area contributed by atoms with Gasteiger partial charge in [0.15, 0.2) is 0 Å². The van der Waals surface area contributed by atoms with Crippen molar-refractivity contribution in [1.82, 2.24) is 30.2 Å². The van der Waals surface area contributed by atoms with Gasteiger partial charge in [-0.1, -0.05) is 0 Å². The fourth-order valence-corrected chi connectivity index (χ4v) is 2.07. The summed E-state index contributed by atoms with van der Waals surface area (Å²) < 4.78 is 2.85. The molecule has 3 N–H and O–H groups in total. The Morgan fingerprint density at radius 2 is 1.96 bits per heavy atom. The third-order valence-corrected chi connectivity index (χ3v) is 3.59. The summed E-state index contributed by atoms with van der Waals surface area (Å²) in [6, 6.07) is 1.15. The molecular formula is C15H20N6O4. The number of carboxylic acid groups (broad SMARTS) is 1. The third-order valence-electron chi connectivity index (χ3n) is 3.59. The summed E-state index contributed by atoms with van der Waals surface area (Å²) in [4.78, 5) is 34.6. The van der Waals surface area contributed by atoms with Crippen LogP contribution in [0.25, 0.3) is 0 Å². The van der Waals surface area contributed by atoms with Gasteiger partial charge in [-0.25, -0.2) is 4.79 Å². The Balaban J connectivity index is 1.71. The minimum absolute atomic E-state index is 0.0147. The maximum absolute atomic E-state index is 12.0. The van der Waals surface area contributed by atoms with Crippen LogP contribution < -0.4 is 10.6 Å². The van der Waals surface area contributed by atoms with Crippen LogP contribution in [0, 0.1) is 6.92 Å². The van der Waals surface area contributed by atoms with Crippen molar-refractivity contribution in [3.63, 3.8) is 0 Å². The molecule has 134 valence electrons. The summed E-state index contributed by atoms with van der Waals surface area (Å²) in [5.74, 6) is -1.63. The maximum atomic E-state index is 12.0. The fraction of sp³-hybridized carbons (Fsp3) is 0.400. The minimum Gasteiger partial charge on any atom is -0.478 e. The monoisotopic (exact) mass is 348 g/mol. The van der Waals surface area contributed by atoms with Gasteiger partial charge in [0.1, 0.15) is 12.6 Å². The molecule has 10 heteroatoms. The van der Waals surface area contributed by atoms with E-state index in [0.717, 1.165) is 5.69 Å². The second-order valence-corrected chi connectivity index (χ2v) is 5.46. The summed E-state index contributed by atoms with van der Waals surface area (Å²) in [6.45, 7) is 4.10. The van der Waals surface area contributed by atoms with E-state index in [2.05, 4.69) is 20.8 Å². The lowest BCUT2D eigenvalue weighted by atomic mass is 10.3. The van der Waals surface area contributed by atoms with Crippen molar-refractivity contribution in [1.29, 1.82) is 0 Å². The number of aryl methyl sites for hydroxylation is 1. The molecule has 2 aromatic rings. The molecule has 0 bridgehead atoms. The Labute approximate surface area is 143 Å². The molecule has 2 heterocycles. The number of carboxylic acids is 1. The van der Waals surface area contributed by atoms with Crippen LogP contribution in [0.2, 0.25) is 0 Å². The lowest BCUT2D eigenvalue weighted by Crippen LogP contribution is -2.38. The van der Waals surface area contributed by atoms with Crippen molar-refractivity contribution in [3.05, 3.63) is 35.9 Å². The third kappa shape index (κ3) is 4.90. The van der Waals surface area contributed by atoms with E-state index in [1.807, 2.05) is 6.92 Å². The van der Waals surface area contributed by atoms with Crippen LogP contribution in [-0.4, -0.2) is 55.5 Å². The number of carbonyl (C=O) groups is 3. The summed E-state index contributed by atoms with van der Waals surface area (Å²) in [6.07, 6.45) is 4.10. The maximum Gasteiger partial charge on any atom is 0.338 e. The Hall–Kier alpha value is -3.17. The van der Waals surface area contributed by atoms with Crippen LogP contribution in [0.15, 0.2) is 24.7 Å². The van der Waals surface area contributed by atoms with Gasteiger partial charge in [-0.15, -0.1) is 0 Å². The number of nitrogens with zero attached hydrogens (tertiary/aromatic N) is 4. The number of nitrogens with one attached hydrogen (secondary N) is 2. The number of hydrogen-bond donors (Lipinski definition) is 3. The van der Waals surface area contributed by atoms with Crippen LogP contribution in [-0.2, 0) is 16.1 Å². The zero-order valence-electron chi connectivity index (χ0n) is 14.0. The van der Waals surface area contributed by atoms with E-state index in [-0.39, 0.29) is 37.0 Å². The average molecular weight is 348 g/mol. The summed E-state index contributed by atoms with van der Waals surface area (Å²) >= 11 is 0. The SMILES string of the molecule is Cc1ccnn1CC(=O)NCCNC(=O)C(C)n1cc(C(=O)O)cn1. The van der Waals surface area contributed by atoms with Crippen molar-refractivity contribution in [2.24, 2.45) is 0 Å². The molecule has 2 rings (SSSR count). The molecule has 25 heavy (non-hydrogen) atoms. The largest absolute Gasteiger partial charge is 0.478 e. The highest BCUT2D eigenvalue weighted by molar-refractivity contribution is 5.87. The minimum atomic E-state index is -1.10. The Morgan fingerprint density at radius 1 is 1.24 bits per heavy atom. The van der Waals surface area contributed by atoms with E-state index in [1.165, 1.54) is 17.1 Å². The van der Waals surface area contributed by atoms with Gasteiger partial charge < -0.3 is 15.7 Å². The van der Waals surface area contributed by atoms with Crippen molar-refractivity contribution in [2.45, 2.75) is 26.4 Å². The van der Waals surface area contributed by atoms with Crippen LogP contribution in [0.4, 0.5) is 0 Å². The van der Waals surface area contributed by atoms with Crippen molar-refractivity contribution >= 4 is 17.8 Å². The molecule has 0 saturated carbocycles. The fourth-order valence-electron chi connectivity index (χ4n) is 2.07. The number of amides is 2. The zero-order chi connectivity index (χ0) is 18.4. The smallest absolute Gasteiger partial charge is 0.338 e.